The maximum atomic E-state index is 14.0. The SMILES string of the molecule is COCC(C)NC(=O)C1CC2(C)C(CCC3(C)C2CC=C2C4CC(C)(C)CCC4(C(=O)OC)CCC23C)C(C)(C)C1=O. The van der Waals surface area contributed by atoms with Crippen molar-refractivity contribution in [3.05, 3.63) is 11.6 Å². The molecule has 1 N–H and O–H groups in total. The molecule has 236 valence electrons. The highest BCUT2D eigenvalue weighted by atomic mass is 16.5. The fourth-order valence-corrected chi connectivity index (χ4v) is 11.7. The number of ether oxygens (including phenoxy) is 2. The van der Waals surface area contributed by atoms with Gasteiger partial charge in [0.1, 0.15) is 0 Å². The van der Waals surface area contributed by atoms with E-state index in [0.717, 1.165) is 51.4 Å². The molecule has 5 aliphatic rings. The molecular formula is C36H57NO5. The number of rotatable bonds is 5. The van der Waals surface area contributed by atoms with E-state index in [9.17, 15) is 14.4 Å². The number of esters is 1. The summed E-state index contributed by atoms with van der Waals surface area (Å²) >= 11 is 0. The molecule has 4 fully saturated rings. The number of allylic oxidation sites excluding steroid dienone is 2. The van der Waals surface area contributed by atoms with Gasteiger partial charge in [-0.1, -0.05) is 60.1 Å². The molecule has 1 amide bonds. The Kier molecular flexibility index (Phi) is 7.68. The molecule has 0 saturated heterocycles. The highest BCUT2D eigenvalue weighted by Crippen LogP contribution is 2.75. The van der Waals surface area contributed by atoms with Crippen molar-refractivity contribution >= 4 is 17.7 Å². The first-order valence-electron chi connectivity index (χ1n) is 16.6. The van der Waals surface area contributed by atoms with Crippen molar-refractivity contribution in [3.63, 3.8) is 0 Å². The summed E-state index contributed by atoms with van der Waals surface area (Å²) < 4.78 is 10.8. The number of hydrogen-bond donors (Lipinski definition) is 1. The fourth-order valence-electron chi connectivity index (χ4n) is 11.7. The lowest BCUT2D eigenvalue weighted by Crippen LogP contribution is -2.66. The Bertz CT molecular complexity index is 1170. The van der Waals surface area contributed by atoms with Crippen LogP contribution in [0, 0.1) is 56.2 Å². The van der Waals surface area contributed by atoms with Gasteiger partial charge in [-0.15, -0.1) is 0 Å². The first-order valence-corrected chi connectivity index (χ1v) is 16.6. The second-order valence-electron chi connectivity index (χ2n) is 17.1. The van der Waals surface area contributed by atoms with Crippen molar-refractivity contribution in [1.29, 1.82) is 0 Å². The van der Waals surface area contributed by atoms with Gasteiger partial charge in [-0.25, -0.2) is 0 Å². The maximum absolute atomic E-state index is 14.0. The molecule has 6 heteroatoms. The third kappa shape index (κ3) is 4.30. The van der Waals surface area contributed by atoms with Crippen molar-refractivity contribution < 1.29 is 23.9 Å². The zero-order valence-electron chi connectivity index (χ0n) is 28.1. The van der Waals surface area contributed by atoms with Crippen molar-refractivity contribution in [2.24, 2.45) is 56.2 Å². The molecule has 5 rings (SSSR count). The quantitative estimate of drug-likeness (QED) is 0.216. The summed E-state index contributed by atoms with van der Waals surface area (Å²) in [6, 6.07) is -0.142. The number of hydrogen-bond acceptors (Lipinski definition) is 5. The summed E-state index contributed by atoms with van der Waals surface area (Å²) in [5.74, 6) is 0.101. The fraction of sp³-hybridized carbons (Fsp3) is 0.861. The van der Waals surface area contributed by atoms with Crippen molar-refractivity contribution in [1.82, 2.24) is 5.32 Å². The lowest BCUT2D eigenvalue weighted by Gasteiger charge is -2.71. The predicted molar refractivity (Wildman–Crippen MR) is 164 cm³/mol. The van der Waals surface area contributed by atoms with Gasteiger partial charge >= 0.3 is 5.97 Å². The van der Waals surface area contributed by atoms with E-state index in [1.807, 2.05) is 6.92 Å². The van der Waals surface area contributed by atoms with Crippen LogP contribution in [0.15, 0.2) is 11.6 Å². The van der Waals surface area contributed by atoms with E-state index in [0.29, 0.717) is 18.9 Å². The van der Waals surface area contributed by atoms with Crippen LogP contribution in [0.4, 0.5) is 0 Å². The number of carbonyl (C=O) groups is 3. The van der Waals surface area contributed by atoms with E-state index in [2.05, 4.69) is 59.9 Å². The normalized spacial score (nSPS) is 44.3. The number of ketones is 1. The smallest absolute Gasteiger partial charge is 0.312 e. The van der Waals surface area contributed by atoms with Crippen LogP contribution in [0.2, 0.25) is 0 Å². The summed E-state index contributed by atoms with van der Waals surface area (Å²) in [5.41, 5.74) is 0.554. The molecular weight excluding hydrogens is 526 g/mol. The molecule has 9 unspecified atom stereocenters. The van der Waals surface area contributed by atoms with Gasteiger partial charge in [0.25, 0.3) is 0 Å². The average molecular weight is 584 g/mol. The van der Waals surface area contributed by atoms with Gasteiger partial charge in [-0.3, -0.25) is 14.4 Å². The number of Topliss-reactive ketones (excluding diaryl/α,β-unsaturated/α-hetero) is 1. The molecule has 42 heavy (non-hydrogen) atoms. The van der Waals surface area contributed by atoms with Gasteiger partial charge < -0.3 is 14.8 Å². The third-order valence-electron chi connectivity index (χ3n) is 14.1. The summed E-state index contributed by atoms with van der Waals surface area (Å²) in [6.07, 6.45) is 11.0. The zero-order valence-corrected chi connectivity index (χ0v) is 28.1. The Hall–Kier alpha value is -1.69. The molecule has 0 heterocycles. The summed E-state index contributed by atoms with van der Waals surface area (Å²) in [5, 5.41) is 3.08. The number of methoxy groups -OCH3 is 2. The standard InChI is InChI=1S/C36H57NO5/c1-22(21-41-9)37-29(39)23-19-33(6)26(32(4,5)28(23)38)13-14-35(8)27(33)12-11-24-25-20-31(2,3)15-17-36(25,30(40)42-10)18-16-34(24,35)7/h11,22-23,25-27H,12-21H2,1-10H3,(H,37,39). The topological polar surface area (TPSA) is 81.7 Å². The Morgan fingerprint density at radius 2 is 1.62 bits per heavy atom. The Labute approximate surface area is 254 Å². The molecule has 4 saturated carbocycles. The zero-order chi connectivity index (χ0) is 31.1. The van der Waals surface area contributed by atoms with E-state index < -0.39 is 16.7 Å². The molecule has 0 spiro atoms. The largest absolute Gasteiger partial charge is 0.469 e. The van der Waals surface area contributed by atoms with E-state index in [-0.39, 0.29) is 57.2 Å². The predicted octanol–water partition coefficient (Wildman–Crippen LogP) is 6.91. The van der Waals surface area contributed by atoms with Gasteiger partial charge in [0.15, 0.2) is 5.78 Å². The number of carbonyl (C=O) groups excluding carboxylic acids is 3. The molecule has 0 aromatic heterocycles. The molecule has 0 aromatic rings. The highest BCUT2D eigenvalue weighted by molar-refractivity contribution is 6.04. The van der Waals surface area contributed by atoms with Gasteiger partial charge in [0.2, 0.25) is 5.91 Å². The highest BCUT2D eigenvalue weighted by Gasteiger charge is 2.70. The molecule has 9 atom stereocenters. The molecule has 0 bridgehead atoms. The van der Waals surface area contributed by atoms with Gasteiger partial charge in [-0.05, 0) is 104 Å². The molecule has 0 radical (unpaired) electrons. The first kappa shape index (κ1) is 31.7. The van der Waals surface area contributed by atoms with E-state index >= 15 is 0 Å². The second-order valence-corrected chi connectivity index (χ2v) is 17.1. The Morgan fingerprint density at radius 3 is 2.26 bits per heavy atom. The van der Waals surface area contributed by atoms with Gasteiger partial charge in [-0.2, -0.15) is 0 Å². The molecule has 0 aromatic carbocycles. The minimum Gasteiger partial charge on any atom is -0.469 e. The minimum absolute atomic E-state index is 0.0157. The summed E-state index contributed by atoms with van der Waals surface area (Å²) in [7, 11) is 3.19. The van der Waals surface area contributed by atoms with Crippen LogP contribution >= 0.6 is 0 Å². The van der Waals surface area contributed by atoms with E-state index in [1.54, 1.807) is 14.2 Å². The van der Waals surface area contributed by atoms with Crippen LogP contribution in [-0.4, -0.2) is 44.5 Å². The van der Waals surface area contributed by atoms with Crippen LogP contribution in [-0.2, 0) is 23.9 Å². The van der Waals surface area contributed by atoms with Gasteiger partial charge in [0.05, 0.1) is 25.0 Å². The third-order valence-corrected chi connectivity index (χ3v) is 14.1. The molecule has 5 aliphatic carbocycles. The van der Waals surface area contributed by atoms with Crippen LogP contribution in [0.25, 0.3) is 0 Å². The number of fused-ring (bicyclic) bond motifs is 7. The van der Waals surface area contributed by atoms with Crippen LogP contribution in [0.3, 0.4) is 0 Å². The lowest BCUT2D eigenvalue weighted by molar-refractivity contribution is -0.196. The Morgan fingerprint density at radius 1 is 0.952 bits per heavy atom. The van der Waals surface area contributed by atoms with Gasteiger partial charge in [0, 0.05) is 18.6 Å². The molecule has 6 nitrogen and oxygen atoms in total. The van der Waals surface area contributed by atoms with Crippen LogP contribution in [0.1, 0.15) is 113 Å². The minimum atomic E-state index is -0.640. The Balaban J connectivity index is 1.56. The van der Waals surface area contributed by atoms with Crippen molar-refractivity contribution in [3.8, 4) is 0 Å². The average Bonchev–Trinajstić information content (AvgIpc) is 2.90. The number of amides is 1. The number of nitrogens with one attached hydrogen (secondary N) is 1. The summed E-state index contributed by atoms with van der Waals surface area (Å²) in [6.45, 7) is 18.7. The lowest BCUT2D eigenvalue weighted by atomic mass is 9.33. The maximum Gasteiger partial charge on any atom is 0.312 e. The van der Waals surface area contributed by atoms with E-state index in [4.69, 9.17) is 9.47 Å². The summed E-state index contributed by atoms with van der Waals surface area (Å²) in [4.78, 5) is 41.1. The van der Waals surface area contributed by atoms with Crippen LogP contribution in [0.5, 0.6) is 0 Å². The van der Waals surface area contributed by atoms with E-state index in [1.165, 1.54) is 5.57 Å². The second kappa shape index (κ2) is 10.2. The molecule has 0 aliphatic heterocycles. The van der Waals surface area contributed by atoms with Crippen molar-refractivity contribution in [2.45, 2.75) is 119 Å². The monoisotopic (exact) mass is 583 g/mol. The van der Waals surface area contributed by atoms with Crippen LogP contribution < -0.4 is 5.32 Å². The first-order chi connectivity index (χ1) is 19.4. The van der Waals surface area contributed by atoms with Crippen molar-refractivity contribution in [2.75, 3.05) is 20.8 Å².